The predicted octanol–water partition coefficient (Wildman–Crippen LogP) is 0.468. The number of hydrogen-bond acceptors (Lipinski definition) is 6. The summed E-state index contributed by atoms with van der Waals surface area (Å²) in [6, 6.07) is 9.32. The minimum atomic E-state index is -0.668. The molecule has 0 fully saturated rings. The maximum Gasteiger partial charge on any atom is 0.119 e. The second-order valence-electron chi connectivity index (χ2n) is 4.30. The molecule has 0 radical (unpaired) electrons. The van der Waals surface area contributed by atoms with Crippen LogP contribution in [-0.4, -0.2) is 69.2 Å². The van der Waals surface area contributed by atoms with E-state index in [0.29, 0.717) is 33.0 Å². The van der Waals surface area contributed by atoms with Crippen molar-refractivity contribution in [1.82, 2.24) is 0 Å². The van der Waals surface area contributed by atoms with E-state index in [1.807, 2.05) is 30.3 Å². The molecule has 0 saturated carbocycles. The third-order valence-corrected chi connectivity index (χ3v) is 2.48. The van der Waals surface area contributed by atoms with Gasteiger partial charge in [-0.05, 0) is 12.1 Å². The molecule has 1 unspecified atom stereocenters. The number of ether oxygens (including phenoxy) is 4. The molecule has 6 nitrogen and oxygen atoms in total. The highest BCUT2D eigenvalue weighted by Gasteiger charge is 2.05. The zero-order valence-electron chi connectivity index (χ0n) is 12.1. The van der Waals surface area contributed by atoms with Crippen LogP contribution in [0.3, 0.4) is 0 Å². The van der Waals surface area contributed by atoms with Crippen LogP contribution in [0.2, 0.25) is 0 Å². The average Bonchev–Trinajstić information content (AvgIpc) is 2.52. The number of rotatable bonds is 13. The van der Waals surface area contributed by atoms with Gasteiger partial charge in [-0.3, -0.25) is 0 Å². The molecule has 1 atom stereocenters. The van der Waals surface area contributed by atoms with Crippen LogP contribution in [0.15, 0.2) is 30.3 Å². The summed E-state index contributed by atoms with van der Waals surface area (Å²) < 4.78 is 21.0. The summed E-state index contributed by atoms with van der Waals surface area (Å²) in [7, 11) is 0. The molecule has 0 aliphatic carbocycles. The Labute approximate surface area is 125 Å². The Morgan fingerprint density at radius 3 is 2.10 bits per heavy atom. The number of benzene rings is 1. The fourth-order valence-corrected chi connectivity index (χ4v) is 1.48. The smallest absolute Gasteiger partial charge is 0.119 e. The lowest BCUT2D eigenvalue weighted by Crippen LogP contribution is -2.24. The van der Waals surface area contributed by atoms with E-state index < -0.39 is 6.10 Å². The van der Waals surface area contributed by atoms with Crippen LogP contribution in [0.5, 0.6) is 5.75 Å². The van der Waals surface area contributed by atoms with Crippen LogP contribution in [0.25, 0.3) is 0 Å². The molecule has 1 aromatic carbocycles. The van der Waals surface area contributed by atoms with Gasteiger partial charge in [-0.1, -0.05) is 18.2 Å². The van der Waals surface area contributed by atoms with Gasteiger partial charge in [0, 0.05) is 0 Å². The van der Waals surface area contributed by atoms with Crippen LogP contribution < -0.4 is 4.74 Å². The van der Waals surface area contributed by atoms with Crippen LogP contribution in [0, 0.1) is 0 Å². The first kappa shape index (κ1) is 17.9. The quantitative estimate of drug-likeness (QED) is 0.516. The lowest BCUT2D eigenvalue weighted by Gasteiger charge is -2.13. The van der Waals surface area contributed by atoms with Crippen molar-refractivity contribution < 1.29 is 29.2 Å². The van der Waals surface area contributed by atoms with E-state index in [4.69, 9.17) is 24.1 Å². The van der Waals surface area contributed by atoms with Crippen LogP contribution in [0.1, 0.15) is 0 Å². The minimum Gasteiger partial charge on any atom is -0.491 e. The minimum absolute atomic E-state index is 0.0199. The summed E-state index contributed by atoms with van der Waals surface area (Å²) in [6.45, 7) is 2.50. The Morgan fingerprint density at radius 1 is 0.810 bits per heavy atom. The number of aliphatic hydroxyl groups is 2. The monoisotopic (exact) mass is 300 g/mol. The lowest BCUT2D eigenvalue weighted by atomic mass is 10.3. The summed E-state index contributed by atoms with van der Waals surface area (Å²) in [5, 5.41) is 18.2. The van der Waals surface area contributed by atoms with Crippen molar-refractivity contribution in [3.8, 4) is 5.75 Å². The normalized spacial score (nSPS) is 12.3. The SMILES string of the molecule is OCCOCCOCCOCC(O)COc1ccccc1. The molecule has 0 amide bonds. The topological polar surface area (TPSA) is 77.4 Å². The van der Waals surface area contributed by atoms with E-state index in [1.165, 1.54) is 0 Å². The van der Waals surface area contributed by atoms with E-state index in [1.54, 1.807) is 0 Å². The Morgan fingerprint density at radius 2 is 1.43 bits per heavy atom. The molecule has 0 bridgehead atoms. The molecular weight excluding hydrogens is 276 g/mol. The van der Waals surface area contributed by atoms with Gasteiger partial charge in [0.2, 0.25) is 0 Å². The van der Waals surface area contributed by atoms with Gasteiger partial charge in [-0.2, -0.15) is 0 Å². The maximum atomic E-state index is 9.68. The molecule has 1 aromatic rings. The fraction of sp³-hybridized carbons (Fsp3) is 0.600. The molecule has 2 N–H and O–H groups in total. The first-order valence-corrected chi connectivity index (χ1v) is 7.03. The van der Waals surface area contributed by atoms with Crippen LogP contribution >= 0.6 is 0 Å². The summed E-state index contributed by atoms with van der Waals surface area (Å²) >= 11 is 0. The number of para-hydroxylation sites is 1. The van der Waals surface area contributed by atoms with Crippen molar-refractivity contribution in [3.63, 3.8) is 0 Å². The zero-order chi connectivity index (χ0) is 15.2. The van der Waals surface area contributed by atoms with Gasteiger partial charge in [-0.25, -0.2) is 0 Å². The summed E-state index contributed by atoms with van der Waals surface area (Å²) in [5.41, 5.74) is 0. The van der Waals surface area contributed by atoms with Crippen molar-refractivity contribution in [2.24, 2.45) is 0 Å². The molecule has 0 aliphatic rings. The highest BCUT2D eigenvalue weighted by molar-refractivity contribution is 5.20. The van der Waals surface area contributed by atoms with E-state index in [2.05, 4.69) is 0 Å². The van der Waals surface area contributed by atoms with Crippen molar-refractivity contribution in [1.29, 1.82) is 0 Å². The molecule has 0 spiro atoms. The van der Waals surface area contributed by atoms with Gasteiger partial charge >= 0.3 is 0 Å². The molecule has 0 saturated heterocycles. The standard InChI is InChI=1S/C15H24O6/c16-6-7-18-8-9-19-10-11-20-12-14(17)13-21-15-4-2-1-3-5-15/h1-5,14,16-17H,6-13H2. The van der Waals surface area contributed by atoms with Crippen molar-refractivity contribution in [3.05, 3.63) is 30.3 Å². The Bertz CT molecular complexity index is 332. The highest BCUT2D eigenvalue weighted by Crippen LogP contribution is 2.08. The average molecular weight is 300 g/mol. The molecule has 21 heavy (non-hydrogen) atoms. The fourth-order valence-electron chi connectivity index (χ4n) is 1.48. The van der Waals surface area contributed by atoms with Gasteiger partial charge in [-0.15, -0.1) is 0 Å². The lowest BCUT2D eigenvalue weighted by molar-refractivity contribution is -0.0217. The second-order valence-corrected chi connectivity index (χ2v) is 4.30. The molecular formula is C15H24O6. The summed E-state index contributed by atoms with van der Waals surface area (Å²) in [6.07, 6.45) is -0.668. The Hall–Kier alpha value is -1.18. The van der Waals surface area contributed by atoms with Gasteiger partial charge in [0.15, 0.2) is 0 Å². The number of aliphatic hydroxyl groups excluding tert-OH is 2. The summed E-state index contributed by atoms with van der Waals surface area (Å²) in [4.78, 5) is 0. The van der Waals surface area contributed by atoms with Gasteiger partial charge in [0.25, 0.3) is 0 Å². The van der Waals surface area contributed by atoms with Crippen molar-refractivity contribution in [2.75, 3.05) is 52.9 Å². The largest absolute Gasteiger partial charge is 0.491 e. The van der Waals surface area contributed by atoms with E-state index >= 15 is 0 Å². The van der Waals surface area contributed by atoms with Crippen LogP contribution in [0.4, 0.5) is 0 Å². The molecule has 6 heteroatoms. The Balaban J connectivity index is 1.88. The van der Waals surface area contributed by atoms with E-state index in [0.717, 1.165) is 5.75 Å². The molecule has 0 aliphatic heterocycles. The number of hydrogen-bond donors (Lipinski definition) is 2. The first-order chi connectivity index (χ1) is 10.3. The van der Waals surface area contributed by atoms with Crippen molar-refractivity contribution in [2.45, 2.75) is 6.10 Å². The predicted molar refractivity (Wildman–Crippen MR) is 77.5 cm³/mol. The Kier molecular flexibility index (Phi) is 10.7. The first-order valence-electron chi connectivity index (χ1n) is 7.03. The van der Waals surface area contributed by atoms with Gasteiger partial charge < -0.3 is 29.2 Å². The van der Waals surface area contributed by atoms with Crippen LogP contribution in [-0.2, 0) is 14.2 Å². The second kappa shape index (κ2) is 12.6. The van der Waals surface area contributed by atoms with E-state index in [-0.39, 0.29) is 19.8 Å². The molecule has 0 heterocycles. The zero-order valence-corrected chi connectivity index (χ0v) is 12.1. The maximum absolute atomic E-state index is 9.68. The van der Waals surface area contributed by atoms with E-state index in [9.17, 15) is 5.11 Å². The molecule has 0 aromatic heterocycles. The third kappa shape index (κ3) is 10.2. The third-order valence-electron chi connectivity index (χ3n) is 2.48. The molecule has 1 rings (SSSR count). The molecule has 120 valence electrons. The van der Waals surface area contributed by atoms with Gasteiger partial charge in [0.05, 0.1) is 46.2 Å². The summed E-state index contributed by atoms with van der Waals surface area (Å²) in [5.74, 6) is 0.725. The van der Waals surface area contributed by atoms with Gasteiger partial charge in [0.1, 0.15) is 18.5 Å². The van der Waals surface area contributed by atoms with Crippen molar-refractivity contribution >= 4 is 0 Å². The highest BCUT2D eigenvalue weighted by atomic mass is 16.5.